The molecule has 0 aromatic carbocycles. The Morgan fingerprint density at radius 1 is 1.50 bits per heavy atom. The van der Waals surface area contributed by atoms with E-state index >= 15 is 0 Å². The number of halogens is 1. The molecule has 0 amide bonds. The largest absolute Gasteiger partial charge is 0.469 e. The van der Waals surface area contributed by atoms with Crippen molar-refractivity contribution in [3.8, 4) is 0 Å². The Morgan fingerprint density at radius 2 is 2.27 bits per heavy atom. The maximum absolute atomic E-state index is 14.0. The highest BCUT2D eigenvalue weighted by Crippen LogP contribution is 2.39. The van der Waals surface area contributed by atoms with Crippen molar-refractivity contribution in [1.29, 1.82) is 0 Å². The number of aromatic nitrogens is 3. The number of nitrogens with two attached hydrogens (primary N) is 1. The van der Waals surface area contributed by atoms with E-state index in [4.69, 9.17) is 20.3 Å². The lowest BCUT2D eigenvalue weighted by atomic mass is 10.2. The molecule has 0 bridgehead atoms. The van der Waals surface area contributed by atoms with Crippen LogP contribution in [0.25, 0.3) is 11.0 Å². The SMILES string of the molecule is Nc1ncnc2c1c(F)cn2C1CCC(COP(=O)(O)O)O1. The number of nitrogens with zero attached hydrogens (tertiary/aromatic N) is 3. The highest BCUT2D eigenvalue weighted by molar-refractivity contribution is 7.46. The van der Waals surface area contributed by atoms with Crippen molar-refractivity contribution in [3.63, 3.8) is 0 Å². The van der Waals surface area contributed by atoms with Crippen LogP contribution < -0.4 is 5.73 Å². The second-order valence-corrected chi connectivity index (χ2v) is 6.16. The predicted octanol–water partition coefficient (Wildman–Crippen LogP) is 0.940. The third kappa shape index (κ3) is 2.96. The van der Waals surface area contributed by atoms with Crippen LogP contribution in [-0.2, 0) is 13.8 Å². The molecule has 120 valence electrons. The van der Waals surface area contributed by atoms with Crippen molar-refractivity contribution < 1.29 is 28.0 Å². The number of phosphoric ester groups is 1. The smallest absolute Gasteiger partial charge is 0.383 e. The summed E-state index contributed by atoms with van der Waals surface area (Å²) < 4.78 is 36.2. The van der Waals surface area contributed by atoms with Crippen molar-refractivity contribution >= 4 is 24.7 Å². The van der Waals surface area contributed by atoms with Crippen LogP contribution in [0.3, 0.4) is 0 Å². The Labute approximate surface area is 124 Å². The zero-order valence-corrected chi connectivity index (χ0v) is 12.2. The van der Waals surface area contributed by atoms with E-state index in [9.17, 15) is 8.96 Å². The lowest BCUT2D eigenvalue weighted by Gasteiger charge is -2.16. The summed E-state index contributed by atoms with van der Waals surface area (Å²) in [7, 11) is -4.54. The van der Waals surface area contributed by atoms with Crippen molar-refractivity contribution in [2.45, 2.75) is 25.2 Å². The van der Waals surface area contributed by atoms with Gasteiger partial charge in [-0.2, -0.15) is 0 Å². The van der Waals surface area contributed by atoms with Crippen molar-refractivity contribution in [3.05, 3.63) is 18.3 Å². The number of hydrogen-bond donors (Lipinski definition) is 3. The molecule has 22 heavy (non-hydrogen) atoms. The number of rotatable bonds is 4. The minimum Gasteiger partial charge on any atom is -0.383 e. The van der Waals surface area contributed by atoms with Gasteiger partial charge in [0.2, 0.25) is 0 Å². The van der Waals surface area contributed by atoms with E-state index < -0.39 is 26.0 Å². The van der Waals surface area contributed by atoms with Gasteiger partial charge in [0.05, 0.1) is 18.1 Å². The van der Waals surface area contributed by atoms with E-state index in [1.54, 1.807) is 0 Å². The minimum atomic E-state index is -4.54. The first-order valence-corrected chi connectivity index (χ1v) is 8.00. The standard InChI is InChI=1S/C11H14FN4O5P/c12-7-3-16(11-9(7)10(13)14-5-15-11)8-2-1-6(21-8)4-20-22(17,18)19/h3,5-6,8H,1-2,4H2,(H2,13,14,15)(H2,17,18,19). The van der Waals surface area contributed by atoms with Crippen molar-refractivity contribution in [2.75, 3.05) is 12.3 Å². The molecule has 3 heterocycles. The van der Waals surface area contributed by atoms with Gasteiger partial charge >= 0.3 is 7.82 Å². The molecule has 1 fully saturated rings. The zero-order chi connectivity index (χ0) is 15.9. The van der Waals surface area contributed by atoms with Crippen LogP contribution in [0.5, 0.6) is 0 Å². The van der Waals surface area contributed by atoms with Crippen LogP contribution in [0.15, 0.2) is 12.5 Å². The van der Waals surface area contributed by atoms with Gasteiger partial charge in [0.1, 0.15) is 18.4 Å². The summed E-state index contributed by atoms with van der Waals surface area (Å²) >= 11 is 0. The Bertz CT molecular complexity index is 747. The molecule has 9 nitrogen and oxygen atoms in total. The first-order chi connectivity index (χ1) is 10.3. The molecule has 0 saturated carbocycles. The van der Waals surface area contributed by atoms with Gasteiger partial charge < -0.3 is 24.8 Å². The fourth-order valence-corrected chi connectivity index (χ4v) is 2.84. The summed E-state index contributed by atoms with van der Waals surface area (Å²) in [6, 6.07) is 0. The summed E-state index contributed by atoms with van der Waals surface area (Å²) in [4.78, 5) is 25.1. The molecule has 1 aliphatic heterocycles. The van der Waals surface area contributed by atoms with Gasteiger partial charge in [-0.25, -0.2) is 18.9 Å². The van der Waals surface area contributed by atoms with Crippen LogP contribution in [0, 0.1) is 5.82 Å². The Kier molecular flexibility index (Phi) is 3.87. The molecule has 2 unspecified atom stereocenters. The van der Waals surface area contributed by atoms with E-state index in [-0.39, 0.29) is 17.8 Å². The highest BCUT2D eigenvalue weighted by atomic mass is 31.2. The molecular weight excluding hydrogens is 318 g/mol. The molecule has 11 heteroatoms. The van der Waals surface area contributed by atoms with Crippen LogP contribution >= 0.6 is 7.82 Å². The monoisotopic (exact) mass is 332 g/mol. The lowest BCUT2D eigenvalue weighted by molar-refractivity contribution is -0.0204. The highest BCUT2D eigenvalue weighted by Gasteiger charge is 2.30. The van der Waals surface area contributed by atoms with Crippen LogP contribution in [0.4, 0.5) is 10.2 Å². The second kappa shape index (κ2) is 5.56. The van der Waals surface area contributed by atoms with Gasteiger partial charge in [-0.3, -0.25) is 4.52 Å². The van der Waals surface area contributed by atoms with E-state index in [1.165, 1.54) is 17.1 Å². The number of anilines is 1. The molecule has 3 rings (SSSR count). The van der Waals surface area contributed by atoms with Gasteiger partial charge in [-0.05, 0) is 12.8 Å². The molecule has 0 radical (unpaired) electrons. The van der Waals surface area contributed by atoms with Gasteiger partial charge in [-0.1, -0.05) is 0 Å². The number of fused-ring (bicyclic) bond motifs is 1. The third-order valence-electron chi connectivity index (χ3n) is 3.42. The molecule has 2 aromatic heterocycles. The number of phosphoric acid groups is 1. The van der Waals surface area contributed by atoms with Gasteiger partial charge in [-0.15, -0.1) is 0 Å². The molecule has 2 aromatic rings. The average molecular weight is 332 g/mol. The number of ether oxygens (including phenoxy) is 1. The normalized spacial score (nSPS) is 22.5. The number of hydrogen-bond acceptors (Lipinski definition) is 6. The molecule has 1 saturated heterocycles. The maximum Gasteiger partial charge on any atom is 0.469 e. The van der Waals surface area contributed by atoms with E-state index in [1.807, 2.05) is 0 Å². The van der Waals surface area contributed by atoms with Gasteiger partial charge in [0.15, 0.2) is 11.5 Å². The maximum atomic E-state index is 14.0. The predicted molar refractivity (Wildman–Crippen MR) is 73.0 cm³/mol. The summed E-state index contributed by atoms with van der Waals surface area (Å²) in [5, 5.41) is 0.126. The lowest BCUT2D eigenvalue weighted by Crippen LogP contribution is -2.16. The Balaban J connectivity index is 1.79. The molecule has 1 aliphatic rings. The fraction of sp³-hybridized carbons (Fsp3) is 0.455. The van der Waals surface area contributed by atoms with Gasteiger partial charge in [0, 0.05) is 6.20 Å². The van der Waals surface area contributed by atoms with Gasteiger partial charge in [0.25, 0.3) is 0 Å². The average Bonchev–Trinajstić information content (AvgIpc) is 3.01. The summed E-state index contributed by atoms with van der Waals surface area (Å²) in [6.45, 7) is -0.237. The Hall–Kier alpha value is -1.58. The summed E-state index contributed by atoms with van der Waals surface area (Å²) in [5.41, 5.74) is 5.95. The topological polar surface area (TPSA) is 133 Å². The zero-order valence-electron chi connectivity index (χ0n) is 11.3. The summed E-state index contributed by atoms with van der Waals surface area (Å²) in [5.74, 6) is -0.507. The second-order valence-electron chi connectivity index (χ2n) is 4.92. The molecule has 2 atom stereocenters. The first kappa shape index (κ1) is 15.3. The van der Waals surface area contributed by atoms with Crippen molar-refractivity contribution in [1.82, 2.24) is 14.5 Å². The molecule has 4 N–H and O–H groups in total. The van der Waals surface area contributed by atoms with Crippen LogP contribution in [0.1, 0.15) is 19.1 Å². The molecule has 0 aliphatic carbocycles. The van der Waals surface area contributed by atoms with E-state index in [0.717, 1.165) is 0 Å². The quantitative estimate of drug-likeness (QED) is 0.705. The van der Waals surface area contributed by atoms with Crippen LogP contribution in [-0.4, -0.2) is 37.0 Å². The van der Waals surface area contributed by atoms with E-state index in [2.05, 4.69) is 14.5 Å². The fourth-order valence-electron chi connectivity index (χ4n) is 2.48. The molecule has 0 spiro atoms. The third-order valence-corrected chi connectivity index (χ3v) is 3.90. The summed E-state index contributed by atoms with van der Waals surface area (Å²) in [6.07, 6.45) is 2.52. The number of nitrogen functional groups attached to an aromatic ring is 1. The van der Waals surface area contributed by atoms with Crippen LogP contribution in [0.2, 0.25) is 0 Å². The Morgan fingerprint density at radius 3 is 3.00 bits per heavy atom. The first-order valence-electron chi connectivity index (χ1n) is 6.47. The molecular formula is C11H14FN4O5P. The van der Waals surface area contributed by atoms with E-state index in [0.29, 0.717) is 18.5 Å². The minimum absolute atomic E-state index is 0.0422. The van der Waals surface area contributed by atoms with Crippen molar-refractivity contribution in [2.24, 2.45) is 0 Å².